The van der Waals surface area contributed by atoms with E-state index in [1.54, 1.807) is 22.6 Å². The second-order valence-electron chi connectivity index (χ2n) is 7.03. The maximum absolute atomic E-state index is 12.8. The van der Waals surface area contributed by atoms with Crippen LogP contribution in [0.5, 0.6) is 0 Å². The van der Waals surface area contributed by atoms with Crippen molar-refractivity contribution in [2.45, 2.75) is 25.8 Å². The van der Waals surface area contributed by atoms with Crippen LogP contribution in [0.25, 0.3) is 16.3 Å². The molecule has 150 valence electrons. The van der Waals surface area contributed by atoms with Crippen molar-refractivity contribution in [3.63, 3.8) is 0 Å². The molecule has 1 aromatic carbocycles. The van der Waals surface area contributed by atoms with Crippen LogP contribution in [0.4, 0.5) is 0 Å². The van der Waals surface area contributed by atoms with E-state index in [2.05, 4.69) is 11.2 Å². The van der Waals surface area contributed by atoms with Crippen molar-refractivity contribution in [2.24, 2.45) is 5.10 Å². The summed E-state index contributed by atoms with van der Waals surface area (Å²) in [5.74, 6) is 0.672. The van der Waals surface area contributed by atoms with Gasteiger partial charge in [0.1, 0.15) is 17.2 Å². The Bertz CT molecular complexity index is 1180. The van der Waals surface area contributed by atoms with Gasteiger partial charge in [-0.2, -0.15) is 10.2 Å². The van der Waals surface area contributed by atoms with Gasteiger partial charge in [-0.15, -0.1) is 11.3 Å². The SMILES string of the molecule is CCC(=O)N1N=C(c2ccco2)CC1c1cn(-c2ccccc2)nc1-c1cccs1. The Morgan fingerprint density at radius 2 is 2.03 bits per heavy atom. The molecule has 0 N–H and O–H groups in total. The van der Waals surface area contributed by atoms with Gasteiger partial charge < -0.3 is 4.42 Å². The van der Waals surface area contributed by atoms with Gasteiger partial charge in [-0.3, -0.25) is 4.79 Å². The first-order chi connectivity index (χ1) is 14.7. The molecule has 6 nitrogen and oxygen atoms in total. The highest BCUT2D eigenvalue weighted by molar-refractivity contribution is 7.13. The molecule has 0 spiro atoms. The van der Waals surface area contributed by atoms with E-state index in [-0.39, 0.29) is 11.9 Å². The van der Waals surface area contributed by atoms with Gasteiger partial charge in [-0.1, -0.05) is 31.2 Å². The smallest absolute Gasteiger partial charge is 0.242 e. The fourth-order valence-electron chi connectivity index (χ4n) is 3.69. The number of rotatable bonds is 5. The number of benzene rings is 1. The van der Waals surface area contributed by atoms with Gasteiger partial charge in [-0.05, 0) is 35.7 Å². The van der Waals surface area contributed by atoms with Gasteiger partial charge in [0.05, 0.1) is 22.9 Å². The minimum atomic E-state index is -0.230. The Labute approximate surface area is 178 Å². The third-order valence-corrected chi connectivity index (χ3v) is 6.03. The molecule has 0 saturated heterocycles. The minimum Gasteiger partial charge on any atom is -0.463 e. The number of para-hydroxylation sites is 1. The van der Waals surface area contributed by atoms with Crippen LogP contribution in [0.3, 0.4) is 0 Å². The highest BCUT2D eigenvalue weighted by Crippen LogP contribution is 2.39. The predicted molar refractivity (Wildman–Crippen MR) is 117 cm³/mol. The van der Waals surface area contributed by atoms with Gasteiger partial charge in [0, 0.05) is 24.6 Å². The maximum atomic E-state index is 12.8. The number of carbonyl (C=O) groups excluding carboxylic acids is 1. The van der Waals surface area contributed by atoms with Crippen LogP contribution in [0, 0.1) is 0 Å². The lowest BCUT2D eigenvalue weighted by molar-refractivity contribution is -0.132. The summed E-state index contributed by atoms with van der Waals surface area (Å²) in [6, 6.07) is 17.5. The lowest BCUT2D eigenvalue weighted by Gasteiger charge is -2.21. The fourth-order valence-corrected chi connectivity index (χ4v) is 4.42. The topological polar surface area (TPSA) is 63.6 Å². The Kier molecular flexibility index (Phi) is 4.80. The van der Waals surface area contributed by atoms with E-state index < -0.39 is 0 Å². The highest BCUT2D eigenvalue weighted by Gasteiger charge is 2.36. The summed E-state index contributed by atoms with van der Waals surface area (Å²) in [6.07, 6.45) is 4.61. The van der Waals surface area contributed by atoms with Gasteiger partial charge in [0.2, 0.25) is 5.91 Å². The zero-order valence-corrected chi connectivity index (χ0v) is 17.2. The predicted octanol–water partition coefficient (Wildman–Crippen LogP) is 5.28. The van der Waals surface area contributed by atoms with E-state index in [4.69, 9.17) is 9.52 Å². The second-order valence-corrected chi connectivity index (χ2v) is 7.97. The van der Waals surface area contributed by atoms with Gasteiger partial charge in [0.25, 0.3) is 0 Å². The zero-order valence-electron chi connectivity index (χ0n) is 16.4. The quantitative estimate of drug-likeness (QED) is 0.444. The van der Waals surface area contributed by atoms with Crippen LogP contribution in [0.15, 0.2) is 82.0 Å². The molecule has 1 aliphatic rings. The molecule has 0 radical (unpaired) electrons. The summed E-state index contributed by atoms with van der Waals surface area (Å²) < 4.78 is 7.43. The normalized spacial score (nSPS) is 16.1. The van der Waals surface area contributed by atoms with Gasteiger partial charge in [0.15, 0.2) is 0 Å². The number of furan rings is 1. The summed E-state index contributed by atoms with van der Waals surface area (Å²) >= 11 is 1.64. The van der Waals surface area contributed by atoms with Crippen molar-refractivity contribution < 1.29 is 9.21 Å². The molecule has 0 bridgehead atoms. The molecule has 3 aromatic heterocycles. The Balaban J connectivity index is 1.61. The number of thiophene rings is 1. The zero-order chi connectivity index (χ0) is 20.5. The van der Waals surface area contributed by atoms with Crippen molar-refractivity contribution in [3.05, 3.63) is 83.8 Å². The Morgan fingerprint density at radius 3 is 2.73 bits per heavy atom. The first kappa shape index (κ1) is 18.6. The van der Waals surface area contributed by atoms with Crippen LogP contribution in [-0.4, -0.2) is 26.4 Å². The van der Waals surface area contributed by atoms with Crippen LogP contribution in [0.1, 0.15) is 37.1 Å². The molecule has 1 unspecified atom stereocenters. The summed E-state index contributed by atoms with van der Waals surface area (Å²) in [7, 11) is 0. The molecular weight excluding hydrogens is 396 g/mol. The molecule has 1 aliphatic heterocycles. The van der Waals surface area contributed by atoms with E-state index in [1.165, 1.54) is 0 Å². The number of nitrogens with zero attached hydrogens (tertiary/aromatic N) is 4. The van der Waals surface area contributed by atoms with E-state index >= 15 is 0 Å². The van der Waals surface area contributed by atoms with Crippen LogP contribution in [-0.2, 0) is 4.79 Å². The van der Waals surface area contributed by atoms with Crippen molar-refractivity contribution in [1.82, 2.24) is 14.8 Å². The number of aromatic nitrogens is 2. The van der Waals surface area contributed by atoms with Crippen LogP contribution < -0.4 is 0 Å². The van der Waals surface area contributed by atoms with E-state index in [0.29, 0.717) is 18.6 Å². The molecule has 5 rings (SSSR count). The molecule has 7 heteroatoms. The molecule has 4 aromatic rings. The van der Waals surface area contributed by atoms with Gasteiger partial charge in [-0.25, -0.2) is 9.69 Å². The monoisotopic (exact) mass is 416 g/mol. The van der Waals surface area contributed by atoms with Crippen LogP contribution >= 0.6 is 11.3 Å². The van der Waals surface area contributed by atoms with Crippen molar-refractivity contribution in [3.8, 4) is 16.3 Å². The summed E-state index contributed by atoms with van der Waals surface area (Å²) in [6.45, 7) is 1.85. The highest BCUT2D eigenvalue weighted by atomic mass is 32.1. The number of amides is 1. The second kappa shape index (κ2) is 7.76. The van der Waals surface area contributed by atoms with Gasteiger partial charge >= 0.3 is 0 Å². The molecular formula is C23H20N4O2S. The lowest BCUT2D eigenvalue weighted by Crippen LogP contribution is -2.26. The van der Waals surface area contributed by atoms with E-state index in [1.807, 2.05) is 71.7 Å². The number of hydrazone groups is 1. The van der Waals surface area contributed by atoms with E-state index in [9.17, 15) is 4.79 Å². The summed E-state index contributed by atoms with van der Waals surface area (Å²) in [5, 5.41) is 13.2. The lowest BCUT2D eigenvalue weighted by atomic mass is 10.0. The van der Waals surface area contributed by atoms with Crippen molar-refractivity contribution >= 4 is 23.0 Å². The number of carbonyl (C=O) groups is 1. The molecule has 0 saturated carbocycles. The maximum Gasteiger partial charge on any atom is 0.242 e. The Hall–Kier alpha value is -3.45. The molecule has 0 aliphatic carbocycles. The summed E-state index contributed by atoms with van der Waals surface area (Å²) in [5.41, 5.74) is 3.61. The molecule has 4 heterocycles. The number of hydrogen-bond donors (Lipinski definition) is 0. The Morgan fingerprint density at radius 1 is 1.17 bits per heavy atom. The number of hydrogen-bond acceptors (Lipinski definition) is 5. The first-order valence-corrected chi connectivity index (χ1v) is 10.7. The summed E-state index contributed by atoms with van der Waals surface area (Å²) in [4.78, 5) is 13.8. The largest absolute Gasteiger partial charge is 0.463 e. The first-order valence-electron chi connectivity index (χ1n) is 9.87. The van der Waals surface area contributed by atoms with Crippen LogP contribution in [0.2, 0.25) is 0 Å². The third-order valence-electron chi connectivity index (χ3n) is 5.15. The molecule has 30 heavy (non-hydrogen) atoms. The van der Waals surface area contributed by atoms with Crippen molar-refractivity contribution in [1.29, 1.82) is 0 Å². The standard InChI is InChI=1S/C23H20N4O2S/c1-2-22(28)27-19(14-18(24-27)20-10-6-12-29-20)17-15-26(16-8-4-3-5-9-16)25-23(17)21-11-7-13-30-21/h3-13,15,19H,2,14H2,1H3. The third kappa shape index (κ3) is 3.27. The minimum absolute atomic E-state index is 0.0221. The van der Waals surface area contributed by atoms with E-state index in [0.717, 1.165) is 27.5 Å². The average Bonchev–Trinajstić information content (AvgIpc) is 3.57. The molecule has 1 amide bonds. The average molecular weight is 417 g/mol. The molecule has 1 atom stereocenters. The van der Waals surface area contributed by atoms with Crippen molar-refractivity contribution in [2.75, 3.05) is 0 Å². The molecule has 0 fully saturated rings. The fraction of sp³-hybridized carbons (Fsp3) is 0.174.